The quantitative estimate of drug-likeness (QED) is 0.857. The lowest BCUT2D eigenvalue weighted by atomic mass is 10.1. The lowest BCUT2D eigenvalue weighted by Crippen LogP contribution is -2.44. The second kappa shape index (κ2) is 6.82. The van der Waals surface area contributed by atoms with Crippen LogP contribution in [0.3, 0.4) is 0 Å². The molecule has 1 aliphatic heterocycles. The number of aryl methyl sites for hydroxylation is 1. The van der Waals surface area contributed by atoms with E-state index in [1.54, 1.807) is 24.3 Å². The van der Waals surface area contributed by atoms with Crippen molar-refractivity contribution in [2.24, 2.45) is 0 Å². The van der Waals surface area contributed by atoms with Gasteiger partial charge in [0.05, 0.1) is 7.11 Å². The van der Waals surface area contributed by atoms with Gasteiger partial charge in [-0.15, -0.1) is 0 Å². The van der Waals surface area contributed by atoms with E-state index >= 15 is 0 Å². The summed E-state index contributed by atoms with van der Waals surface area (Å²) in [4.78, 5) is 2.34. The molecule has 1 aromatic carbocycles. The molecule has 0 radical (unpaired) electrons. The van der Waals surface area contributed by atoms with Crippen molar-refractivity contribution >= 4 is 15.8 Å². The summed E-state index contributed by atoms with van der Waals surface area (Å²) in [5.74, 6) is 1.27. The van der Waals surface area contributed by atoms with E-state index in [4.69, 9.17) is 4.74 Å². The van der Waals surface area contributed by atoms with E-state index in [0.29, 0.717) is 5.75 Å². The molecule has 0 atom stereocenters. The first-order valence-corrected chi connectivity index (χ1v) is 9.40. The first-order valence-electron chi connectivity index (χ1n) is 7.92. The number of para-hydroxylation sites is 1. The molecule has 2 N–H and O–H groups in total. The Morgan fingerprint density at radius 3 is 2.62 bits per heavy atom. The first kappa shape index (κ1) is 16.8. The number of nitrogens with one attached hydrogen (secondary N) is 2. The van der Waals surface area contributed by atoms with Crippen LogP contribution in [0.1, 0.15) is 18.5 Å². The maximum absolute atomic E-state index is 12.6. The van der Waals surface area contributed by atoms with E-state index in [1.807, 2.05) is 13.0 Å². The molecule has 7 nitrogen and oxygen atoms in total. The van der Waals surface area contributed by atoms with Crippen molar-refractivity contribution < 1.29 is 13.2 Å². The fourth-order valence-electron chi connectivity index (χ4n) is 2.92. The summed E-state index contributed by atoms with van der Waals surface area (Å²) in [5.41, 5.74) is 1.02. The van der Waals surface area contributed by atoms with E-state index in [-0.39, 0.29) is 10.9 Å². The smallest absolute Gasteiger partial charge is 0.244 e. The summed E-state index contributed by atoms with van der Waals surface area (Å²) in [5, 5.41) is 7.19. The number of benzene rings is 1. The normalized spacial score (nSPS) is 16.3. The van der Waals surface area contributed by atoms with Crippen LogP contribution in [-0.2, 0) is 10.0 Å². The van der Waals surface area contributed by atoms with Gasteiger partial charge in [-0.05, 0) is 31.9 Å². The van der Waals surface area contributed by atoms with Gasteiger partial charge in [-0.1, -0.05) is 12.1 Å². The molecule has 2 heterocycles. The predicted octanol–water partition coefficient (Wildman–Crippen LogP) is 1.67. The molecule has 0 unspecified atom stereocenters. The van der Waals surface area contributed by atoms with E-state index in [1.165, 1.54) is 7.11 Å². The summed E-state index contributed by atoms with van der Waals surface area (Å²) >= 11 is 0. The van der Waals surface area contributed by atoms with Crippen molar-refractivity contribution in [3.8, 4) is 5.75 Å². The Kier molecular flexibility index (Phi) is 4.77. The molecule has 1 aliphatic rings. The average Bonchev–Trinajstić information content (AvgIpc) is 3.01. The van der Waals surface area contributed by atoms with Gasteiger partial charge in [0, 0.05) is 30.9 Å². The molecular formula is C16H22N4O3S. The zero-order valence-electron chi connectivity index (χ0n) is 13.8. The van der Waals surface area contributed by atoms with Gasteiger partial charge in [0.25, 0.3) is 0 Å². The fourth-order valence-corrected chi connectivity index (χ4v) is 4.39. The third-order valence-corrected chi connectivity index (χ3v) is 5.75. The number of sulfonamides is 1. The molecule has 1 aromatic heterocycles. The van der Waals surface area contributed by atoms with E-state index in [0.717, 1.165) is 37.4 Å². The Bertz CT molecular complexity index is 795. The maximum atomic E-state index is 12.6. The standard InChI is InChI=1S/C16H22N4O3S/c1-12-11-16(18-17-12)20-9-7-13(8-10-20)19-24(21,22)15-6-4-3-5-14(15)23-2/h3-6,11,13,19H,7-10H2,1-2H3,(H,17,18). The Balaban J connectivity index is 1.65. The second-order valence-corrected chi connectivity index (χ2v) is 7.63. The number of anilines is 1. The SMILES string of the molecule is COc1ccccc1S(=O)(=O)NC1CCN(c2cc(C)[nH]n2)CC1. The Labute approximate surface area is 142 Å². The average molecular weight is 350 g/mol. The van der Waals surface area contributed by atoms with Crippen LogP contribution in [0.15, 0.2) is 35.2 Å². The van der Waals surface area contributed by atoms with Crippen molar-refractivity contribution in [1.82, 2.24) is 14.9 Å². The van der Waals surface area contributed by atoms with Gasteiger partial charge in [-0.3, -0.25) is 5.10 Å². The largest absolute Gasteiger partial charge is 0.495 e. The zero-order chi connectivity index (χ0) is 17.2. The Morgan fingerprint density at radius 1 is 1.29 bits per heavy atom. The number of piperidine rings is 1. The van der Waals surface area contributed by atoms with Gasteiger partial charge in [-0.25, -0.2) is 13.1 Å². The van der Waals surface area contributed by atoms with Gasteiger partial charge in [0.15, 0.2) is 5.82 Å². The van der Waals surface area contributed by atoms with Gasteiger partial charge < -0.3 is 9.64 Å². The molecule has 1 fully saturated rings. The van der Waals surface area contributed by atoms with Crippen LogP contribution in [-0.4, -0.2) is 44.9 Å². The molecule has 3 rings (SSSR count). The summed E-state index contributed by atoms with van der Waals surface area (Å²) in [6.45, 7) is 3.50. The fraction of sp³-hybridized carbons (Fsp3) is 0.438. The first-order chi connectivity index (χ1) is 11.5. The van der Waals surface area contributed by atoms with Gasteiger partial charge in [-0.2, -0.15) is 5.10 Å². The third kappa shape index (κ3) is 3.54. The highest BCUT2D eigenvalue weighted by molar-refractivity contribution is 7.89. The molecule has 0 amide bonds. The highest BCUT2D eigenvalue weighted by Gasteiger charge is 2.27. The summed E-state index contributed by atoms with van der Waals surface area (Å²) < 4.78 is 33.2. The van der Waals surface area contributed by atoms with E-state index < -0.39 is 10.0 Å². The van der Waals surface area contributed by atoms with Crippen LogP contribution in [0, 0.1) is 6.92 Å². The molecule has 24 heavy (non-hydrogen) atoms. The van der Waals surface area contributed by atoms with Crippen LogP contribution < -0.4 is 14.4 Å². The lowest BCUT2D eigenvalue weighted by Gasteiger charge is -2.32. The number of hydrogen-bond donors (Lipinski definition) is 2. The van der Waals surface area contributed by atoms with Gasteiger partial charge >= 0.3 is 0 Å². The van der Waals surface area contributed by atoms with Crippen molar-refractivity contribution in [2.45, 2.75) is 30.7 Å². The van der Waals surface area contributed by atoms with Crippen molar-refractivity contribution in [3.05, 3.63) is 36.0 Å². The van der Waals surface area contributed by atoms with Crippen LogP contribution in [0.4, 0.5) is 5.82 Å². The van der Waals surface area contributed by atoms with E-state index in [2.05, 4.69) is 19.8 Å². The Hall–Kier alpha value is -2.06. The minimum atomic E-state index is -3.60. The Morgan fingerprint density at radius 2 is 2.00 bits per heavy atom. The number of aromatic amines is 1. The summed E-state index contributed by atoms with van der Waals surface area (Å²) in [6, 6.07) is 8.57. The number of ether oxygens (including phenoxy) is 1. The second-order valence-electron chi connectivity index (χ2n) is 5.94. The molecule has 1 saturated heterocycles. The molecule has 0 saturated carbocycles. The third-order valence-electron chi connectivity index (χ3n) is 4.19. The van der Waals surface area contributed by atoms with Crippen LogP contribution in [0.5, 0.6) is 5.75 Å². The maximum Gasteiger partial charge on any atom is 0.244 e. The predicted molar refractivity (Wildman–Crippen MR) is 91.9 cm³/mol. The molecule has 0 bridgehead atoms. The molecule has 2 aromatic rings. The highest BCUT2D eigenvalue weighted by atomic mass is 32.2. The van der Waals surface area contributed by atoms with Gasteiger partial charge in [0.1, 0.15) is 10.6 Å². The highest BCUT2D eigenvalue weighted by Crippen LogP contribution is 2.24. The summed E-state index contributed by atoms with van der Waals surface area (Å²) in [6.07, 6.45) is 1.47. The van der Waals surface area contributed by atoms with Gasteiger partial charge in [0.2, 0.25) is 10.0 Å². The molecule has 130 valence electrons. The number of hydrogen-bond acceptors (Lipinski definition) is 5. The van der Waals surface area contributed by atoms with Crippen molar-refractivity contribution in [2.75, 3.05) is 25.1 Å². The van der Waals surface area contributed by atoms with Crippen LogP contribution in [0.25, 0.3) is 0 Å². The topological polar surface area (TPSA) is 87.3 Å². The lowest BCUT2D eigenvalue weighted by molar-refractivity contribution is 0.401. The molecule has 0 aliphatic carbocycles. The zero-order valence-corrected chi connectivity index (χ0v) is 14.6. The summed E-state index contributed by atoms with van der Waals surface area (Å²) in [7, 11) is -2.13. The molecule has 8 heteroatoms. The van der Waals surface area contributed by atoms with E-state index in [9.17, 15) is 8.42 Å². The van der Waals surface area contributed by atoms with Crippen LogP contribution >= 0.6 is 0 Å². The number of methoxy groups -OCH3 is 1. The van der Waals surface area contributed by atoms with Crippen LogP contribution in [0.2, 0.25) is 0 Å². The monoisotopic (exact) mass is 350 g/mol. The number of rotatable bonds is 5. The number of nitrogens with zero attached hydrogens (tertiary/aromatic N) is 2. The van der Waals surface area contributed by atoms with Crippen molar-refractivity contribution in [1.29, 1.82) is 0 Å². The molecule has 0 spiro atoms. The minimum Gasteiger partial charge on any atom is -0.495 e. The number of H-pyrrole nitrogens is 1. The van der Waals surface area contributed by atoms with Crippen molar-refractivity contribution in [3.63, 3.8) is 0 Å². The molecular weight excluding hydrogens is 328 g/mol. The minimum absolute atomic E-state index is 0.0869. The number of aromatic nitrogens is 2.